The van der Waals surface area contributed by atoms with Crippen LogP contribution in [0.3, 0.4) is 0 Å². The maximum absolute atomic E-state index is 11.8. The highest BCUT2D eigenvalue weighted by molar-refractivity contribution is 9.10. The molecule has 0 saturated carbocycles. The number of hydrogen-bond acceptors (Lipinski definition) is 3. The lowest BCUT2D eigenvalue weighted by Crippen LogP contribution is -2.31. The minimum absolute atomic E-state index is 0.0333. The summed E-state index contributed by atoms with van der Waals surface area (Å²) in [6, 6.07) is 5.95. The van der Waals surface area contributed by atoms with Crippen LogP contribution in [0.5, 0.6) is 5.75 Å². The first-order chi connectivity index (χ1) is 9.49. The Bertz CT molecular complexity index is 451. The van der Waals surface area contributed by atoms with Crippen molar-refractivity contribution in [3.05, 3.63) is 28.2 Å². The van der Waals surface area contributed by atoms with Gasteiger partial charge in [-0.15, -0.1) is 0 Å². The Kier molecular flexibility index (Phi) is 7.02. The number of halogens is 1. The lowest BCUT2D eigenvalue weighted by molar-refractivity contribution is -0.131. The third kappa shape index (κ3) is 4.80. The molecule has 0 spiro atoms. The zero-order valence-electron chi connectivity index (χ0n) is 12.4. The minimum Gasteiger partial charge on any atom is -0.482 e. The molecule has 0 saturated heterocycles. The zero-order valence-corrected chi connectivity index (χ0v) is 13.9. The van der Waals surface area contributed by atoms with Gasteiger partial charge in [-0.25, -0.2) is 0 Å². The van der Waals surface area contributed by atoms with Gasteiger partial charge in [0.05, 0.1) is 4.47 Å². The fourth-order valence-corrected chi connectivity index (χ4v) is 2.24. The summed E-state index contributed by atoms with van der Waals surface area (Å²) in [5, 5.41) is 0. The summed E-state index contributed by atoms with van der Waals surface area (Å²) in [5.41, 5.74) is 7.03. The Morgan fingerprint density at radius 2 is 2.15 bits per heavy atom. The highest BCUT2D eigenvalue weighted by Gasteiger charge is 2.14. The minimum atomic E-state index is -0.0333. The van der Waals surface area contributed by atoms with E-state index in [2.05, 4.69) is 22.9 Å². The van der Waals surface area contributed by atoms with Crippen molar-refractivity contribution in [2.45, 2.75) is 32.7 Å². The summed E-state index contributed by atoms with van der Waals surface area (Å²) < 4.78 is 6.56. The molecule has 1 rings (SSSR count). The van der Waals surface area contributed by atoms with Gasteiger partial charge in [0.1, 0.15) is 5.75 Å². The Labute approximate surface area is 129 Å². The Hall–Kier alpha value is -1.07. The molecule has 2 N–H and O–H groups in total. The molecule has 0 fully saturated rings. The third-order valence-corrected chi connectivity index (χ3v) is 3.92. The quantitative estimate of drug-likeness (QED) is 0.828. The molecule has 1 aromatic rings. The molecule has 1 atom stereocenters. The summed E-state index contributed by atoms with van der Waals surface area (Å²) in [5.74, 6) is 0.684. The van der Waals surface area contributed by atoms with Crippen molar-refractivity contribution < 1.29 is 9.53 Å². The molecule has 1 unspecified atom stereocenters. The van der Waals surface area contributed by atoms with Crippen LogP contribution in [-0.4, -0.2) is 37.0 Å². The van der Waals surface area contributed by atoms with E-state index >= 15 is 0 Å². The van der Waals surface area contributed by atoms with Crippen LogP contribution in [0.2, 0.25) is 0 Å². The highest BCUT2D eigenvalue weighted by Crippen LogP contribution is 2.30. The van der Waals surface area contributed by atoms with E-state index in [4.69, 9.17) is 10.5 Å². The number of benzene rings is 1. The van der Waals surface area contributed by atoms with Crippen LogP contribution >= 0.6 is 15.9 Å². The Morgan fingerprint density at radius 3 is 2.75 bits per heavy atom. The molecule has 1 aromatic carbocycles. The normalized spacial score (nSPS) is 12.1. The maximum atomic E-state index is 11.8. The maximum Gasteiger partial charge on any atom is 0.260 e. The number of amides is 1. The van der Waals surface area contributed by atoms with E-state index in [1.54, 1.807) is 11.9 Å². The number of hydrogen-bond donors (Lipinski definition) is 1. The number of nitrogens with zero attached hydrogens (tertiary/aromatic N) is 1. The first-order valence-electron chi connectivity index (χ1n) is 6.89. The molecule has 112 valence electrons. The number of carbonyl (C=O) groups excluding carboxylic acids is 1. The van der Waals surface area contributed by atoms with Gasteiger partial charge in [0.15, 0.2) is 6.61 Å². The molecule has 0 aliphatic heterocycles. The highest BCUT2D eigenvalue weighted by atomic mass is 79.9. The van der Waals surface area contributed by atoms with Gasteiger partial charge < -0.3 is 15.4 Å². The van der Waals surface area contributed by atoms with Crippen LogP contribution in [0.4, 0.5) is 0 Å². The van der Waals surface area contributed by atoms with Gasteiger partial charge in [0.2, 0.25) is 0 Å². The number of ether oxygens (including phenoxy) is 1. The summed E-state index contributed by atoms with van der Waals surface area (Å²) in [6.07, 6.45) is 1.65. The fraction of sp³-hybridized carbons (Fsp3) is 0.533. The Morgan fingerprint density at radius 1 is 1.45 bits per heavy atom. The van der Waals surface area contributed by atoms with Gasteiger partial charge in [-0.2, -0.15) is 0 Å². The van der Waals surface area contributed by atoms with Crippen molar-refractivity contribution in [1.82, 2.24) is 4.90 Å². The predicted molar refractivity (Wildman–Crippen MR) is 84.9 cm³/mol. The molecular weight excluding hydrogens is 320 g/mol. The van der Waals surface area contributed by atoms with E-state index in [1.165, 1.54) is 0 Å². The van der Waals surface area contributed by atoms with Crippen molar-refractivity contribution in [2.24, 2.45) is 5.73 Å². The smallest absolute Gasteiger partial charge is 0.260 e. The van der Waals surface area contributed by atoms with Crippen molar-refractivity contribution in [3.63, 3.8) is 0 Å². The first-order valence-corrected chi connectivity index (χ1v) is 7.68. The molecule has 0 aromatic heterocycles. The number of carbonyl (C=O) groups is 1. The molecule has 20 heavy (non-hydrogen) atoms. The van der Waals surface area contributed by atoms with E-state index in [1.807, 2.05) is 25.1 Å². The van der Waals surface area contributed by atoms with Gasteiger partial charge in [0, 0.05) is 19.6 Å². The average Bonchev–Trinajstić information content (AvgIpc) is 2.45. The van der Waals surface area contributed by atoms with Crippen LogP contribution in [0.25, 0.3) is 0 Å². The fourth-order valence-electron chi connectivity index (χ4n) is 1.72. The molecule has 0 bridgehead atoms. The first kappa shape index (κ1) is 17.0. The molecule has 5 heteroatoms. The van der Waals surface area contributed by atoms with E-state index in [9.17, 15) is 4.79 Å². The van der Waals surface area contributed by atoms with Gasteiger partial charge in [-0.1, -0.05) is 19.1 Å². The number of para-hydroxylation sites is 1. The van der Waals surface area contributed by atoms with Crippen molar-refractivity contribution >= 4 is 21.8 Å². The summed E-state index contributed by atoms with van der Waals surface area (Å²) in [6.45, 7) is 4.71. The van der Waals surface area contributed by atoms with Crippen LogP contribution in [-0.2, 0) is 11.2 Å². The van der Waals surface area contributed by atoms with Gasteiger partial charge >= 0.3 is 0 Å². The number of nitrogens with two attached hydrogens (primary N) is 1. The molecular formula is C15H23BrN2O2. The largest absolute Gasteiger partial charge is 0.482 e. The SMILES string of the molecule is CCC(N)Cc1cccc(Br)c1OCC(=O)N(C)CC. The lowest BCUT2D eigenvalue weighted by Gasteiger charge is -2.18. The molecule has 0 aliphatic rings. The van der Waals surface area contributed by atoms with E-state index in [0.29, 0.717) is 12.3 Å². The zero-order chi connectivity index (χ0) is 15.1. The van der Waals surface area contributed by atoms with Crippen molar-refractivity contribution in [2.75, 3.05) is 20.2 Å². The number of likely N-dealkylation sites (N-methyl/N-ethyl adjacent to an activating group) is 1. The third-order valence-electron chi connectivity index (χ3n) is 3.30. The predicted octanol–water partition coefficient (Wildman–Crippen LogP) is 2.59. The van der Waals surface area contributed by atoms with Crippen LogP contribution in [0, 0.1) is 0 Å². The summed E-state index contributed by atoms with van der Waals surface area (Å²) >= 11 is 3.47. The monoisotopic (exact) mass is 342 g/mol. The summed E-state index contributed by atoms with van der Waals surface area (Å²) in [4.78, 5) is 13.4. The van der Waals surface area contributed by atoms with Crippen LogP contribution in [0.15, 0.2) is 22.7 Å². The van der Waals surface area contributed by atoms with E-state index in [0.717, 1.165) is 22.9 Å². The average molecular weight is 343 g/mol. The lowest BCUT2D eigenvalue weighted by atomic mass is 10.0. The molecule has 0 radical (unpaired) electrons. The topological polar surface area (TPSA) is 55.6 Å². The van der Waals surface area contributed by atoms with Crippen LogP contribution < -0.4 is 10.5 Å². The van der Waals surface area contributed by atoms with Gasteiger partial charge in [-0.3, -0.25) is 4.79 Å². The standard InChI is InChI=1S/C15H23BrN2O2/c1-4-12(17)9-11-7-6-8-13(16)15(11)20-10-14(19)18(3)5-2/h6-8,12H,4-5,9-10,17H2,1-3H3. The van der Waals surface area contributed by atoms with Crippen molar-refractivity contribution in [1.29, 1.82) is 0 Å². The molecule has 0 aliphatic carbocycles. The van der Waals surface area contributed by atoms with E-state index in [-0.39, 0.29) is 18.6 Å². The van der Waals surface area contributed by atoms with Crippen LogP contribution in [0.1, 0.15) is 25.8 Å². The second-order valence-electron chi connectivity index (χ2n) is 4.80. The molecule has 1 amide bonds. The second kappa shape index (κ2) is 8.27. The molecule has 4 nitrogen and oxygen atoms in total. The van der Waals surface area contributed by atoms with Gasteiger partial charge in [-0.05, 0) is 47.3 Å². The Balaban J connectivity index is 2.80. The van der Waals surface area contributed by atoms with Crippen molar-refractivity contribution in [3.8, 4) is 5.75 Å². The number of rotatable bonds is 7. The summed E-state index contributed by atoms with van der Waals surface area (Å²) in [7, 11) is 1.76. The second-order valence-corrected chi connectivity index (χ2v) is 5.65. The van der Waals surface area contributed by atoms with Gasteiger partial charge in [0.25, 0.3) is 5.91 Å². The van der Waals surface area contributed by atoms with E-state index < -0.39 is 0 Å². The molecule has 0 heterocycles.